The average molecular weight is 224 g/mol. The molecule has 0 aliphatic heterocycles. The molecule has 0 heterocycles. The van der Waals surface area contributed by atoms with E-state index in [-0.39, 0.29) is 0 Å². The van der Waals surface area contributed by atoms with E-state index in [1.54, 1.807) is 0 Å². The summed E-state index contributed by atoms with van der Waals surface area (Å²) >= 11 is 0. The van der Waals surface area contributed by atoms with Crippen LogP contribution in [-0.2, 0) is 9.80 Å². The van der Waals surface area contributed by atoms with Crippen molar-refractivity contribution in [2.75, 3.05) is 6.26 Å². The molecule has 0 saturated carbocycles. The Hall–Kier alpha value is -1.01. The highest BCUT2D eigenvalue weighted by Crippen LogP contribution is 2.12. The zero-order valence-corrected chi connectivity index (χ0v) is 7.95. The number of hydrogen-bond acceptors (Lipinski definition) is 1. The Bertz CT molecular complexity index is 444. The molecule has 1 N–H and O–H groups in total. The van der Waals surface area contributed by atoms with Crippen LogP contribution in [-0.4, -0.2) is 20.4 Å². The van der Waals surface area contributed by atoms with E-state index in [0.717, 1.165) is 6.26 Å². The van der Waals surface area contributed by atoms with Gasteiger partial charge in [-0.1, -0.05) is 0 Å². The molecule has 0 saturated heterocycles. The molecule has 0 spiro atoms. The maximum atomic E-state index is 12.9. The molecule has 0 fully saturated rings. The van der Waals surface area contributed by atoms with E-state index in [9.17, 15) is 17.4 Å². The quantitative estimate of drug-likeness (QED) is 0.736. The Morgan fingerprint density at radius 3 is 2.07 bits per heavy atom. The van der Waals surface area contributed by atoms with Gasteiger partial charge >= 0.3 is 0 Å². The van der Waals surface area contributed by atoms with Crippen molar-refractivity contribution in [2.45, 2.75) is 0 Å². The summed E-state index contributed by atoms with van der Waals surface area (Å²) in [6, 6.07) is 0.889. The molecule has 1 aromatic carbocycles. The first-order chi connectivity index (χ1) is 6.29. The van der Waals surface area contributed by atoms with Crippen molar-refractivity contribution in [2.24, 2.45) is 0 Å². The van der Waals surface area contributed by atoms with Crippen molar-refractivity contribution >= 4 is 15.2 Å². The first-order valence-electron chi connectivity index (χ1n) is 3.50. The van der Waals surface area contributed by atoms with Gasteiger partial charge in [-0.15, -0.1) is 0 Å². The molecule has 0 aliphatic carbocycles. The van der Waals surface area contributed by atoms with Gasteiger partial charge in [0.2, 0.25) is 0 Å². The van der Waals surface area contributed by atoms with Crippen molar-refractivity contribution in [3.05, 3.63) is 35.1 Å². The van der Waals surface area contributed by atoms with E-state index in [4.69, 9.17) is 4.55 Å². The summed E-state index contributed by atoms with van der Waals surface area (Å²) in [4.78, 5) is 0. The third-order valence-corrected chi connectivity index (χ3v) is 2.05. The summed E-state index contributed by atoms with van der Waals surface area (Å²) in [5, 5.41) is 0.525. The molecule has 1 rings (SSSR count). The predicted molar refractivity (Wildman–Crippen MR) is 48.2 cm³/mol. The molecule has 6 heteroatoms. The summed E-state index contributed by atoms with van der Waals surface area (Å²) in [6.45, 7) is 0. The first kappa shape index (κ1) is 11.1. The number of hydrogen-bond donors (Lipinski definition) is 1. The lowest BCUT2D eigenvalue weighted by Crippen LogP contribution is -2.04. The number of rotatable bonds is 1. The Morgan fingerprint density at radius 1 is 1.29 bits per heavy atom. The Kier molecular flexibility index (Phi) is 2.86. The maximum absolute atomic E-state index is 12.9. The molecule has 0 radical (unpaired) electrons. The van der Waals surface area contributed by atoms with Crippen LogP contribution in [0.3, 0.4) is 0 Å². The topological polar surface area (TPSA) is 37.3 Å². The van der Waals surface area contributed by atoms with Crippen molar-refractivity contribution in [1.29, 1.82) is 0 Å². The van der Waals surface area contributed by atoms with Crippen LogP contribution in [0.1, 0.15) is 5.56 Å². The fraction of sp³-hybridized carbons (Fsp3) is 0.125. The zero-order valence-electron chi connectivity index (χ0n) is 7.13. The van der Waals surface area contributed by atoms with Gasteiger partial charge in [0.05, 0.1) is 15.4 Å². The van der Waals surface area contributed by atoms with E-state index in [2.05, 4.69) is 0 Å². The van der Waals surface area contributed by atoms with Gasteiger partial charge in [0.15, 0.2) is 0 Å². The number of halogens is 3. The minimum Gasteiger partial charge on any atom is -0.314 e. The fourth-order valence-corrected chi connectivity index (χ4v) is 1.55. The summed E-state index contributed by atoms with van der Waals surface area (Å²) < 4.78 is 57.9. The monoisotopic (exact) mass is 224 g/mol. The highest BCUT2D eigenvalue weighted by molar-refractivity contribution is 7.95. The molecule has 0 aromatic heterocycles. The SMILES string of the molecule is CS(=O)(O)=Cc1c(F)cc(F)cc1F. The lowest BCUT2D eigenvalue weighted by Gasteiger charge is -2.00. The minimum atomic E-state index is -3.41. The summed E-state index contributed by atoms with van der Waals surface area (Å²) in [5.41, 5.74) is -0.693. The van der Waals surface area contributed by atoms with Crippen molar-refractivity contribution in [3.8, 4) is 0 Å². The standard InChI is InChI=1S/C8H7F3O2S/c1-14(12,13)4-6-7(10)2-5(9)3-8(6)11/h2-4H,1H3,(H,12,13). The van der Waals surface area contributed by atoms with E-state index in [0.29, 0.717) is 17.5 Å². The molecule has 0 bridgehead atoms. The van der Waals surface area contributed by atoms with Gasteiger partial charge < -0.3 is 4.55 Å². The van der Waals surface area contributed by atoms with Crippen LogP contribution >= 0.6 is 0 Å². The smallest absolute Gasteiger partial charge is 0.136 e. The highest BCUT2D eigenvalue weighted by atomic mass is 32.2. The lowest BCUT2D eigenvalue weighted by molar-refractivity contribution is 0.540. The van der Waals surface area contributed by atoms with Crippen LogP contribution in [0.15, 0.2) is 12.1 Å². The van der Waals surface area contributed by atoms with Gasteiger partial charge in [-0.2, -0.15) is 0 Å². The maximum Gasteiger partial charge on any atom is 0.136 e. The Balaban J connectivity index is 3.44. The molecule has 0 aliphatic rings. The molecule has 78 valence electrons. The second-order valence-corrected chi connectivity index (χ2v) is 4.72. The van der Waals surface area contributed by atoms with E-state index in [1.165, 1.54) is 0 Å². The van der Waals surface area contributed by atoms with Crippen molar-refractivity contribution in [3.63, 3.8) is 0 Å². The van der Waals surface area contributed by atoms with Gasteiger partial charge in [0, 0.05) is 23.8 Å². The first-order valence-corrected chi connectivity index (χ1v) is 5.49. The summed E-state index contributed by atoms with van der Waals surface area (Å²) in [5.74, 6) is -3.48. The largest absolute Gasteiger partial charge is 0.314 e. The van der Waals surface area contributed by atoms with Crippen LogP contribution in [0.25, 0.3) is 0 Å². The molecular weight excluding hydrogens is 217 g/mol. The van der Waals surface area contributed by atoms with E-state index < -0.39 is 32.8 Å². The number of benzene rings is 1. The molecule has 1 unspecified atom stereocenters. The van der Waals surface area contributed by atoms with Gasteiger partial charge in [0.1, 0.15) is 17.5 Å². The molecule has 1 atom stereocenters. The van der Waals surface area contributed by atoms with Gasteiger partial charge in [0.25, 0.3) is 0 Å². The molecular formula is C8H7F3O2S. The summed E-state index contributed by atoms with van der Waals surface area (Å²) in [6.07, 6.45) is 0.898. The molecule has 0 amide bonds. The minimum absolute atomic E-state index is 0.445. The van der Waals surface area contributed by atoms with Gasteiger partial charge in [-0.3, -0.25) is 0 Å². The zero-order chi connectivity index (χ0) is 10.9. The third kappa shape index (κ3) is 2.74. The van der Waals surface area contributed by atoms with E-state index in [1.807, 2.05) is 0 Å². The lowest BCUT2D eigenvalue weighted by atomic mass is 10.2. The third-order valence-electron chi connectivity index (χ3n) is 1.38. The fourth-order valence-electron chi connectivity index (χ4n) is 0.885. The van der Waals surface area contributed by atoms with Crippen LogP contribution in [0, 0.1) is 17.5 Å². The van der Waals surface area contributed by atoms with Crippen LogP contribution < -0.4 is 0 Å². The Labute approximate surface area is 79.2 Å². The molecule has 2 nitrogen and oxygen atoms in total. The van der Waals surface area contributed by atoms with E-state index >= 15 is 0 Å². The molecule has 14 heavy (non-hydrogen) atoms. The average Bonchev–Trinajstić information content (AvgIpc) is 1.95. The van der Waals surface area contributed by atoms with Gasteiger partial charge in [-0.05, 0) is 0 Å². The second kappa shape index (κ2) is 3.62. The van der Waals surface area contributed by atoms with Crippen molar-refractivity contribution < 1.29 is 21.9 Å². The van der Waals surface area contributed by atoms with Crippen LogP contribution in [0.2, 0.25) is 0 Å². The van der Waals surface area contributed by atoms with Gasteiger partial charge in [-0.25, -0.2) is 17.4 Å². The highest BCUT2D eigenvalue weighted by Gasteiger charge is 2.10. The normalized spacial score (nSPS) is 14.9. The predicted octanol–water partition coefficient (Wildman–Crippen LogP) is 1.64. The van der Waals surface area contributed by atoms with Crippen LogP contribution in [0.4, 0.5) is 13.2 Å². The Morgan fingerprint density at radius 2 is 1.71 bits per heavy atom. The van der Waals surface area contributed by atoms with Crippen LogP contribution in [0.5, 0.6) is 0 Å². The summed E-state index contributed by atoms with van der Waals surface area (Å²) in [7, 11) is -3.41. The molecule has 1 aromatic rings. The second-order valence-electron chi connectivity index (χ2n) is 2.76. The van der Waals surface area contributed by atoms with Crippen molar-refractivity contribution in [1.82, 2.24) is 0 Å².